The molecule has 23 heavy (non-hydrogen) atoms. The summed E-state index contributed by atoms with van der Waals surface area (Å²) in [6.07, 6.45) is 3.88. The van der Waals surface area contributed by atoms with E-state index in [0.29, 0.717) is 25.8 Å². The number of nitrogens with two attached hydrogens (primary N) is 1. The van der Waals surface area contributed by atoms with Crippen molar-refractivity contribution >= 4 is 17.9 Å². The van der Waals surface area contributed by atoms with Gasteiger partial charge in [-0.25, -0.2) is 4.79 Å². The van der Waals surface area contributed by atoms with Crippen LogP contribution in [-0.2, 0) is 14.3 Å². The number of likely N-dealkylation sites (tertiary alicyclic amines) is 1. The summed E-state index contributed by atoms with van der Waals surface area (Å²) in [5.41, 5.74) is 4.12. The smallest absolute Gasteiger partial charge is 0.408 e. The minimum absolute atomic E-state index is 0.239. The van der Waals surface area contributed by atoms with E-state index in [9.17, 15) is 14.4 Å². The molecule has 2 fully saturated rings. The van der Waals surface area contributed by atoms with Crippen LogP contribution in [0.15, 0.2) is 0 Å². The van der Waals surface area contributed by atoms with Gasteiger partial charge in [-0.05, 0) is 40.0 Å². The Kier molecular flexibility index (Phi) is 4.87. The van der Waals surface area contributed by atoms with E-state index in [-0.39, 0.29) is 5.91 Å². The van der Waals surface area contributed by atoms with Crippen molar-refractivity contribution in [1.82, 2.24) is 10.2 Å². The summed E-state index contributed by atoms with van der Waals surface area (Å²) in [6.45, 7) is 5.72. The van der Waals surface area contributed by atoms with E-state index in [1.807, 2.05) is 0 Å². The van der Waals surface area contributed by atoms with Gasteiger partial charge >= 0.3 is 6.09 Å². The van der Waals surface area contributed by atoms with Crippen LogP contribution in [0.3, 0.4) is 0 Å². The third-order valence-electron chi connectivity index (χ3n) is 4.55. The first kappa shape index (κ1) is 17.6. The van der Waals surface area contributed by atoms with E-state index < -0.39 is 29.2 Å². The van der Waals surface area contributed by atoms with Gasteiger partial charge in [0, 0.05) is 6.54 Å². The molecule has 1 heterocycles. The third-order valence-corrected chi connectivity index (χ3v) is 4.55. The lowest BCUT2D eigenvalue weighted by Gasteiger charge is -2.42. The second kappa shape index (κ2) is 6.37. The second-order valence-corrected chi connectivity index (χ2v) is 7.43. The fourth-order valence-corrected chi connectivity index (χ4v) is 3.47. The van der Waals surface area contributed by atoms with Crippen LogP contribution in [0.2, 0.25) is 0 Å². The lowest BCUT2D eigenvalue weighted by molar-refractivity contribution is -0.146. The van der Waals surface area contributed by atoms with Gasteiger partial charge in [0.15, 0.2) is 0 Å². The Morgan fingerprint density at radius 2 is 1.87 bits per heavy atom. The Bertz CT molecular complexity index is 492. The zero-order valence-electron chi connectivity index (χ0n) is 14.2. The Morgan fingerprint density at radius 3 is 2.39 bits per heavy atom. The number of carbonyl (C=O) groups excluding carboxylic acids is 3. The predicted molar refractivity (Wildman–Crippen MR) is 84.5 cm³/mol. The highest BCUT2D eigenvalue weighted by atomic mass is 16.6. The largest absolute Gasteiger partial charge is 0.444 e. The highest BCUT2D eigenvalue weighted by Crippen LogP contribution is 2.36. The molecule has 3 amide bonds. The number of amides is 3. The van der Waals surface area contributed by atoms with E-state index in [2.05, 4.69) is 5.32 Å². The number of ether oxygens (including phenoxy) is 1. The lowest BCUT2D eigenvalue weighted by atomic mass is 9.79. The number of carbonyl (C=O) groups is 3. The molecule has 0 unspecified atom stereocenters. The molecule has 0 aromatic rings. The molecule has 130 valence electrons. The van der Waals surface area contributed by atoms with Gasteiger partial charge in [0.2, 0.25) is 11.8 Å². The molecule has 0 aromatic heterocycles. The van der Waals surface area contributed by atoms with Gasteiger partial charge < -0.3 is 20.7 Å². The number of hydrogen-bond donors (Lipinski definition) is 2. The van der Waals surface area contributed by atoms with E-state index in [1.54, 1.807) is 25.7 Å². The highest BCUT2D eigenvalue weighted by molar-refractivity contribution is 5.94. The minimum atomic E-state index is -0.889. The predicted octanol–water partition coefficient (Wildman–Crippen LogP) is 1.30. The summed E-state index contributed by atoms with van der Waals surface area (Å²) in [5, 5.41) is 2.61. The van der Waals surface area contributed by atoms with E-state index in [1.165, 1.54) is 0 Å². The van der Waals surface area contributed by atoms with Crippen molar-refractivity contribution in [3.8, 4) is 0 Å². The maximum Gasteiger partial charge on any atom is 0.408 e. The second-order valence-electron chi connectivity index (χ2n) is 7.43. The third kappa shape index (κ3) is 3.76. The quantitative estimate of drug-likeness (QED) is 0.816. The summed E-state index contributed by atoms with van der Waals surface area (Å²) < 4.78 is 5.19. The zero-order chi connectivity index (χ0) is 17.3. The number of alkyl carbamates (subject to hydrolysis) is 1. The van der Waals surface area contributed by atoms with Crippen molar-refractivity contribution in [2.24, 2.45) is 5.73 Å². The molecule has 3 N–H and O–H groups in total. The Balaban J connectivity index is 2.06. The SMILES string of the molecule is CC(C)(C)OC(=O)N[C@@H]1CCN(C2(C(N)=O)CCCCC2)C1=O. The molecular formula is C16H27N3O4. The average Bonchev–Trinajstić information content (AvgIpc) is 2.79. The number of nitrogens with one attached hydrogen (secondary N) is 1. The molecule has 0 aromatic carbocycles. The van der Waals surface area contributed by atoms with Gasteiger partial charge in [0.05, 0.1) is 0 Å². The van der Waals surface area contributed by atoms with Crippen molar-refractivity contribution in [2.75, 3.05) is 6.54 Å². The molecular weight excluding hydrogens is 298 g/mol. The number of rotatable bonds is 3. The molecule has 7 nitrogen and oxygen atoms in total. The summed E-state index contributed by atoms with van der Waals surface area (Å²) >= 11 is 0. The van der Waals surface area contributed by atoms with E-state index >= 15 is 0 Å². The van der Waals surface area contributed by atoms with Crippen LogP contribution >= 0.6 is 0 Å². The lowest BCUT2D eigenvalue weighted by Crippen LogP contribution is -2.60. The van der Waals surface area contributed by atoms with Gasteiger partial charge in [-0.2, -0.15) is 0 Å². The normalized spacial score (nSPS) is 24.4. The van der Waals surface area contributed by atoms with Gasteiger partial charge in [0.25, 0.3) is 0 Å². The van der Waals surface area contributed by atoms with Crippen molar-refractivity contribution in [3.05, 3.63) is 0 Å². The summed E-state index contributed by atoms with van der Waals surface area (Å²) in [5.74, 6) is -0.681. The van der Waals surface area contributed by atoms with Crippen molar-refractivity contribution in [1.29, 1.82) is 0 Å². The fourth-order valence-electron chi connectivity index (χ4n) is 3.47. The van der Waals surface area contributed by atoms with Crippen LogP contribution < -0.4 is 11.1 Å². The molecule has 1 saturated carbocycles. The molecule has 2 rings (SSSR count). The topological polar surface area (TPSA) is 102 Å². The number of hydrogen-bond acceptors (Lipinski definition) is 4. The Labute approximate surface area is 136 Å². The van der Waals surface area contributed by atoms with E-state index in [4.69, 9.17) is 10.5 Å². The van der Waals surface area contributed by atoms with Crippen LogP contribution in [0.25, 0.3) is 0 Å². The monoisotopic (exact) mass is 325 g/mol. The molecule has 1 aliphatic carbocycles. The molecule has 7 heteroatoms. The van der Waals surface area contributed by atoms with Crippen LogP contribution in [0.4, 0.5) is 4.79 Å². The molecule has 0 radical (unpaired) electrons. The first-order valence-corrected chi connectivity index (χ1v) is 8.27. The molecule has 2 aliphatic rings. The first-order chi connectivity index (χ1) is 10.7. The molecule has 0 spiro atoms. The standard InChI is InChI=1S/C16H27N3O4/c1-15(2,3)23-14(22)18-11-7-10-19(12(11)20)16(13(17)21)8-5-4-6-9-16/h11H,4-10H2,1-3H3,(H2,17,21)(H,18,22)/t11-/m1/s1. The molecule has 0 bridgehead atoms. The maximum absolute atomic E-state index is 12.7. The van der Waals surface area contributed by atoms with E-state index in [0.717, 1.165) is 19.3 Å². The number of primary amides is 1. The summed E-state index contributed by atoms with van der Waals surface area (Å²) in [6, 6.07) is -0.650. The first-order valence-electron chi connectivity index (χ1n) is 8.27. The number of nitrogens with zero attached hydrogens (tertiary/aromatic N) is 1. The summed E-state index contributed by atoms with van der Waals surface area (Å²) in [7, 11) is 0. The zero-order valence-corrected chi connectivity index (χ0v) is 14.2. The molecule has 1 atom stereocenters. The van der Waals surface area contributed by atoms with Crippen molar-refractivity contribution in [3.63, 3.8) is 0 Å². The minimum Gasteiger partial charge on any atom is -0.444 e. The van der Waals surface area contributed by atoms with Crippen LogP contribution in [-0.4, -0.2) is 46.5 Å². The Hall–Kier alpha value is -1.79. The average molecular weight is 325 g/mol. The van der Waals surface area contributed by atoms with Crippen molar-refractivity contribution in [2.45, 2.75) is 76.5 Å². The van der Waals surface area contributed by atoms with Crippen molar-refractivity contribution < 1.29 is 19.1 Å². The highest BCUT2D eigenvalue weighted by Gasteiger charge is 2.50. The van der Waals surface area contributed by atoms with Crippen LogP contribution in [0.1, 0.15) is 59.3 Å². The van der Waals surface area contributed by atoms with Gasteiger partial charge in [-0.3, -0.25) is 9.59 Å². The van der Waals surface area contributed by atoms with Crippen LogP contribution in [0, 0.1) is 0 Å². The van der Waals surface area contributed by atoms with Gasteiger partial charge in [-0.1, -0.05) is 19.3 Å². The summed E-state index contributed by atoms with van der Waals surface area (Å²) in [4.78, 5) is 38.1. The van der Waals surface area contributed by atoms with Gasteiger partial charge in [0.1, 0.15) is 17.2 Å². The molecule has 1 saturated heterocycles. The molecule has 1 aliphatic heterocycles. The fraction of sp³-hybridized carbons (Fsp3) is 0.812. The maximum atomic E-state index is 12.7. The Morgan fingerprint density at radius 1 is 1.26 bits per heavy atom. The van der Waals surface area contributed by atoms with Gasteiger partial charge in [-0.15, -0.1) is 0 Å². The van der Waals surface area contributed by atoms with Crippen LogP contribution in [0.5, 0.6) is 0 Å².